The van der Waals surface area contributed by atoms with Gasteiger partial charge in [0.25, 0.3) is 5.91 Å². The van der Waals surface area contributed by atoms with Gasteiger partial charge in [-0.05, 0) is 70.9 Å². The van der Waals surface area contributed by atoms with Crippen LogP contribution in [0.5, 0.6) is 0 Å². The zero-order valence-electron chi connectivity index (χ0n) is 30.4. The van der Waals surface area contributed by atoms with E-state index in [1.165, 1.54) is 26.3 Å². The highest BCUT2D eigenvalue weighted by molar-refractivity contribution is 7.89. The minimum Gasteiger partial charge on any atom is -0.469 e. The van der Waals surface area contributed by atoms with Gasteiger partial charge in [0.05, 0.1) is 29.8 Å². The molecule has 0 spiro atoms. The van der Waals surface area contributed by atoms with Crippen molar-refractivity contribution < 1.29 is 37.1 Å². The molecule has 2 aromatic rings. The summed E-state index contributed by atoms with van der Waals surface area (Å²) in [6.45, 7) is 9.93. The molecule has 2 aromatic carbocycles. The summed E-state index contributed by atoms with van der Waals surface area (Å²) in [5.41, 5.74) is 2.45. The highest BCUT2D eigenvalue weighted by Crippen LogP contribution is 2.39. The summed E-state index contributed by atoms with van der Waals surface area (Å²) < 4.78 is 38.2. The quantitative estimate of drug-likeness (QED) is 0.163. The van der Waals surface area contributed by atoms with Gasteiger partial charge in [-0.1, -0.05) is 18.6 Å². The van der Waals surface area contributed by atoms with E-state index in [-0.39, 0.29) is 35.3 Å². The molecule has 0 atom stereocenters. The average Bonchev–Trinajstić information content (AvgIpc) is 3.42. The Kier molecular flexibility index (Phi) is 13.1. The van der Waals surface area contributed by atoms with Gasteiger partial charge in [-0.25, -0.2) is 13.2 Å². The number of rotatable bonds is 14. The Bertz CT molecular complexity index is 1730. The molecule has 4 rings (SSSR count). The summed E-state index contributed by atoms with van der Waals surface area (Å²) in [6.07, 6.45) is 3.61. The number of unbranched alkanes of at least 4 members (excludes halogenated alkanes) is 2. The van der Waals surface area contributed by atoms with E-state index in [0.717, 1.165) is 16.4 Å². The lowest BCUT2D eigenvalue weighted by atomic mass is 10.0. The molecule has 2 aliphatic heterocycles. The molecule has 1 fully saturated rings. The van der Waals surface area contributed by atoms with Crippen LogP contribution in [0.4, 0.5) is 21.9 Å². The number of hydrogen-bond donors (Lipinski definition) is 2. The highest BCUT2D eigenvalue weighted by Gasteiger charge is 2.32. The van der Waals surface area contributed by atoms with Crippen molar-refractivity contribution in [3.63, 3.8) is 0 Å². The van der Waals surface area contributed by atoms with Crippen LogP contribution in [0.1, 0.15) is 58.9 Å². The third kappa shape index (κ3) is 10.2. The maximum atomic E-state index is 13.5. The molecule has 15 heteroatoms. The molecule has 2 heterocycles. The molecule has 0 bridgehead atoms. The van der Waals surface area contributed by atoms with Gasteiger partial charge in [0.2, 0.25) is 15.9 Å². The van der Waals surface area contributed by atoms with E-state index in [1.54, 1.807) is 28.1 Å². The first-order chi connectivity index (χ1) is 24.1. The monoisotopic (exact) mass is 726 g/mol. The molecular formula is C36H50N6O8S. The third-order valence-electron chi connectivity index (χ3n) is 8.63. The predicted octanol–water partition coefficient (Wildman–Crippen LogP) is 4.35. The van der Waals surface area contributed by atoms with Gasteiger partial charge in [-0.3, -0.25) is 14.4 Å². The number of piperazine rings is 1. The van der Waals surface area contributed by atoms with Crippen LogP contribution >= 0.6 is 0 Å². The number of likely N-dealkylation sites (N-methyl/N-ethyl adjacent to an activating group) is 2. The molecule has 0 aromatic heterocycles. The number of methoxy groups -OCH3 is 1. The van der Waals surface area contributed by atoms with Crippen molar-refractivity contribution in [2.75, 3.05) is 75.5 Å². The van der Waals surface area contributed by atoms with Crippen molar-refractivity contribution >= 4 is 56.5 Å². The lowest BCUT2D eigenvalue weighted by molar-refractivity contribution is -0.140. The van der Waals surface area contributed by atoms with Crippen molar-refractivity contribution in [3.8, 4) is 0 Å². The largest absolute Gasteiger partial charge is 0.469 e. The Morgan fingerprint density at radius 1 is 1.02 bits per heavy atom. The molecule has 0 saturated carbocycles. The summed E-state index contributed by atoms with van der Waals surface area (Å²) in [7, 11) is -1.31. The van der Waals surface area contributed by atoms with Crippen LogP contribution in [-0.2, 0) is 33.9 Å². The number of benzene rings is 2. The molecule has 2 aliphatic rings. The lowest BCUT2D eigenvalue weighted by Gasteiger charge is -2.37. The second kappa shape index (κ2) is 17.1. The number of fused-ring (bicyclic) bond motifs is 1. The Balaban J connectivity index is 1.42. The molecule has 1 saturated heterocycles. The van der Waals surface area contributed by atoms with Crippen LogP contribution in [0.25, 0.3) is 5.57 Å². The second-order valence-electron chi connectivity index (χ2n) is 13.5. The lowest BCUT2D eigenvalue weighted by Crippen LogP contribution is -2.50. The van der Waals surface area contributed by atoms with Gasteiger partial charge in [0, 0.05) is 75.9 Å². The number of hydrogen-bond acceptors (Lipinski definition) is 10. The van der Waals surface area contributed by atoms with Gasteiger partial charge >= 0.3 is 12.1 Å². The van der Waals surface area contributed by atoms with Crippen LogP contribution in [-0.4, -0.2) is 112 Å². The van der Waals surface area contributed by atoms with Crippen LogP contribution in [0.2, 0.25) is 0 Å². The summed E-state index contributed by atoms with van der Waals surface area (Å²) >= 11 is 0. The maximum absolute atomic E-state index is 13.5. The SMILES string of the molecule is CCN(CCCCCC(=O)OC)C(=O)CN(C)S(=O)(=O)c1cccc(N/C=C2\C(=O)Nc3cccc(N4CCN(C(=O)OC(C)(C)C)CC4)c32)c1. The minimum atomic E-state index is -4.03. The Morgan fingerprint density at radius 3 is 2.39 bits per heavy atom. The van der Waals surface area contributed by atoms with E-state index < -0.39 is 15.6 Å². The summed E-state index contributed by atoms with van der Waals surface area (Å²) in [5.74, 6) is -0.889. The van der Waals surface area contributed by atoms with Crippen molar-refractivity contribution in [1.29, 1.82) is 0 Å². The fourth-order valence-corrected chi connectivity index (χ4v) is 7.02. The molecule has 14 nitrogen and oxygen atoms in total. The van der Waals surface area contributed by atoms with Gasteiger partial charge in [0.15, 0.2) is 0 Å². The zero-order chi connectivity index (χ0) is 37.3. The smallest absolute Gasteiger partial charge is 0.410 e. The van der Waals surface area contributed by atoms with Gasteiger partial charge in [0.1, 0.15) is 5.60 Å². The van der Waals surface area contributed by atoms with Crippen LogP contribution < -0.4 is 15.5 Å². The van der Waals surface area contributed by atoms with Crippen molar-refractivity contribution in [2.24, 2.45) is 0 Å². The number of nitrogens with zero attached hydrogens (tertiary/aromatic N) is 4. The molecule has 0 radical (unpaired) electrons. The molecule has 2 N–H and O–H groups in total. The van der Waals surface area contributed by atoms with Crippen LogP contribution in [0.3, 0.4) is 0 Å². The van der Waals surface area contributed by atoms with Crippen molar-refractivity contribution in [3.05, 3.63) is 54.2 Å². The van der Waals surface area contributed by atoms with Crippen molar-refractivity contribution in [2.45, 2.75) is 63.9 Å². The van der Waals surface area contributed by atoms with Crippen molar-refractivity contribution in [1.82, 2.24) is 14.1 Å². The molecular weight excluding hydrogens is 676 g/mol. The zero-order valence-corrected chi connectivity index (χ0v) is 31.2. The number of carbonyl (C=O) groups excluding carboxylic acids is 4. The number of sulfonamides is 1. The fraction of sp³-hybridized carbons (Fsp3) is 0.500. The standard InChI is InChI=1S/C36H50N6O8S/c1-7-40(18-10-8-9-17-32(44)49-6)31(43)25-39(5)51(47,48)27-14-11-13-26(23-27)37-24-28-33-29(38-34(28)45)15-12-16-30(33)41-19-21-42(22-20-41)35(46)50-36(2,3)4/h11-16,23-24,37H,7-10,17-22,25H2,1-6H3,(H,38,45)/b28-24-. The van der Waals surface area contributed by atoms with E-state index in [1.807, 2.05) is 45.9 Å². The first-order valence-electron chi connectivity index (χ1n) is 17.2. The average molecular weight is 727 g/mol. The maximum Gasteiger partial charge on any atom is 0.410 e. The number of carbonyl (C=O) groups is 4. The topological polar surface area (TPSA) is 158 Å². The van der Waals surface area contributed by atoms with E-state index >= 15 is 0 Å². The molecule has 51 heavy (non-hydrogen) atoms. The molecule has 3 amide bonds. The van der Waals surface area contributed by atoms with Gasteiger partial charge < -0.3 is 34.8 Å². The summed E-state index contributed by atoms with van der Waals surface area (Å²) in [6, 6.07) is 11.8. The Hall–Kier alpha value is -4.63. The van der Waals surface area contributed by atoms with E-state index in [0.29, 0.717) is 81.0 Å². The molecule has 0 aliphatic carbocycles. The molecule has 0 unspecified atom stereocenters. The Morgan fingerprint density at radius 2 is 1.73 bits per heavy atom. The van der Waals surface area contributed by atoms with E-state index in [2.05, 4.69) is 20.3 Å². The first kappa shape index (κ1) is 39.2. The van der Waals surface area contributed by atoms with E-state index in [4.69, 9.17) is 4.74 Å². The number of esters is 1. The van der Waals surface area contributed by atoms with E-state index in [9.17, 15) is 27.6 Å². The normalized spacial score (nSPS) is 15.4. The number of ether oxygens (including phenoxy) is 2. The summed E-state index contributed by atoms with van der Waals surface area (Å²) in [5, 5.41) is 6.01. The van der Waals surface area contributed by atoms with Gasteiger partial charge in [-0.15, -0.1) is 0 Å². The first-order valence-corrected chi connectivity index (χ1v) is 18.6. The van der Waals surface area contributed by atoms with Crippen LogP contribution in [0, 0.1) is 0 Å². The fourth-order valence-electron chi connectivity index (χ4n) is 5.86. The Labute approximate surface area is 300 Å². The van der Waals surface area contributed by atoms with Gasteiger partial charge in [-0.2, -0.15) is 4.31 Å². The predicted molar refractivity (Wildman–Crippen MR) is 196 cm³/mol. The summed E-state index contributed by atoms with van der Waals surface area (Å²) in [4.78, 5) is 55.5. The second-order valence-corrected chi connectivity index (χ2v) is 15.5. The van der Waals surface area contributed by atoms with Crippen LogP contribution in [0.15, 0.2) is 53.6 Å². The number of amides is 3. The third-order valence-corrected chi connectivity index (χ3v) is 10.4. The number of nitrogens with one attached hydrogen (secondary N) is 2. The molecule has 278 valence electrons. The highest BCUT2D eigenvalue weighted by atomic mass is 32.2. The number of anilines is 3. The minimum absolute atomic E-state index is 0.00752.